The van der Waals surface area contributed by atoms with Gasteiger partial charge in [0.1, 0.15) is 0 Å². The number of likely N-dealkylation sites (tertiary alicyclic amines) is 1. The molecule has 2 aliphatic rings. The Labute approximate surface area is 165 Å². The molecule has 146 valence electrons. The summed E-state index contributed by atoms with van der Waals surface area (Å²) in [5.41, 5.74) is 1.93. The third kappa shape index (κ3) is 4.24. The first kappa shape index (κ1) is 18.7. The lowest BCUT2D eigenvalue weighted by Gasteiger charge is -2.42. The first-order valence-corrected chi connectivity index (χ1v) is 9.88. The van der Waals surface area contributed by atoms with Gasteiger partial charge < -0.3 is 9.42 Å². The van der Waals surface area contributed by atoms with Crippen LogP contribution in [-0.2, 0) is 6.54 Å². The van der Waals surface area contributed by atoms with E-state index in [4.69, 9.17) is 9.78 Å². The molecular formula is C21H25N5O2. The van der Waals surface area contributed by atoms with E-state index in [0.29, 0.717) is 11.8 Å². The number of nitrogens with zero attached hydrogens (tertiary/aromatic N) is 5. The van der Waals surface area contributed by atoms with Gasteiger partial charge in [0.05, 0.1) is 17.8 Å². The standard InChI is InChI=1S/C21H25N5O2/c22-15-17-2-1-3-18(14-17)16-24-8-5-19(6-9-24)25-10-12-26(13-11-25)21(27)20-4-7-23-28-20/h1-4,7,14,19H,5-6,8-13,16H2. The van der Waals surface area contributed by atoms with Crippen molar-refractivity contribution in [2.45, 2.75) is 25.4 Å². The normalized spacial score (nSPS) is 19.5. The first-order valence-electron chi connectivity index (χ1n) is 9.88. The fourth-order valence-corrected chi connectivity index (χ4v) is 4.21. The summed E-state index contributed by atoms with van der Waals surface area (Å²) in [5.74, 6) is 0.258. The number of nitriles is 1. The van der Waals surface area contributed by atoms with Crippen LogP contribution in [0.25, 0.3) is 0 Å². The van der Waals surface area contributed by atoms with E-state index in [2.05, 4.69) is 27.1 Å². The Morgan fingerprint density at radius 3 is 2.61 bits per heavy atom. The maximum Gasteiger partial charge on any atom is 0.292 e. The Bertz CT molecular complexity index is 829. The number of benzene rings is 1. The summed E-state index contributed by atoms with van der Waals surface area (Å²) in [6.07, 6.45) is 3.80. The van der Waals surface area contributed by atoms with Crippen LogP contribution in [0.1, 0.15) is 34.5 Å². The number of piperidine rings is 1. The smallest absolute Gasteiger partial charge is 0.292 e. The number of hydrogen-bond acceptors (Lipinski definition) is 6. The first-order chi connectivity index (χ1) is 13.7. The Hall–Kier alpha value is -2.69. The average molecular weight is 379 g/mol. The van der Waals surface area contributed by atoms with E-state index in [1.54, 1.807) is 6.07 Å². The molecule has 2 aromatic rings. The van der Waals surface area contributed by atoms with E-state index >= 15 is 0 Å². The molecule has 2 saturated heterocycles. The number of carbonyl (C=O) groups excluding carboxylic acids is 1. The molecule has 4 rings (SSSR count). The zero-order valence-electron chi connectivity index (χ0n) is 16.0. The molecule has 2 aliphatic heterocycles. The maximum atomic E-state index is 12.4. The zero-order chi connectivity index (χ0) is 19.3. The molecule has 1 aromatic heterocycles. The number of piperazine rings is 1. The van der Waals surface area contributed by atoms with Crippen molar-refractivity contribution < 1.29 is 9.32 Å². The van der Waals surface area contributed by atoms with Crippen molar-refractivity contribution in [1.29, 1.82) is 5.26 Å². The Morgan fingerprint density at radius 1 is 1.14 bits per heavy atom. The Kier molecular flexibility index (Phi) is 5.70. The SMILES string of the molecule is N#Cc1cccc(CN2CCC(N3CCN(C(=O)c4ccno4)CC3)CC2)c1. The lowest BCUT2D eigenvalue weighted by molar-refractivity contribution is 0.0418. The quantitative estimate of drug-likeness (QED) is 0.808. The van der Waals surface area contributed by atoms with E-state index < -0.39 is 0 Å². The van der Waals surface area contributed by atoms with Gasteiger partial charge in [0.2, 0.25) is 5.76 Å². The third-order valence-electron chi connectivity index (χ3n) is 5.79. The predicted octanol–water partition coefficient (Wildman–Crippen LogP) is 1.97. The van der Waals surface area contributed by atoms with Gasteiger partial charge in [-0.15, -0.1) is 0 Å². The lowest BCUT2D eigenvalue weighted by Crippen LogP contribution is -2.54. The van der Waals surface area contributed by atoms with Crippen molar-refractivity contribution in [3.8, 4) is 6.07 Å². The number of hydrogen-bond donors (Lipinski definition) is 0. The van der Waals surface area contributed by atoms with Gasteiger partial charge in [-0.05, 0) is 43.6 Å². The van der Waals surface area contributed by atoms with Crippen LogP contribution >= 0.6 is 0 Å². The van der Waals surface area contributed by atoms with Gasteiger partial charge in [0.15, 0.2) is 0 Å². The molecule has 1 amide bonds. The summed E-state index contributed by atoms with van der Waals surface area (Å²) in [5, 5.41) is 12.7. The second-order valence-electron chi connectivity index (χ2n) is 7.52. The topological polar surface area (TPSA) is 76.6 Å². The van der Waals surface area contributed by atoms with Gasteiger partial charge in [0, 0.05) is 44.8 Å². The lowest BCUT2D eigenvalue weighted by atomic mass is 10.0. The summed E-state index contributed by atoms with van der Waals surface area (Å²) in [6.45, 7) is 6.34. The van der Waals surface area contributed by atoms with Crippen LogP contribution in [0.3, 0.4) is 0 Å². The Balaban J connectivity index is 1.23. The molecule has 0 N–H and O–H groups in total. The van der Waals surface area contributed by atoms with Crippen LogP contribution in [-0.4, -0.2) is 71.1 Å². The highest BCUT2D eigenvalue weighted by Crippen LogP contribution is 2.20. The van der Waals surface area contributed by atoms with E-state index in [9.17, 15) is 4.79 Å². The molecule has 0 saturated carbocycles. The molecule has 3 heterocycles. The van der Waals surface area contributed by atoms with E-state index in [1.807, 2.05) is 23.1 Å². The molecule has 7 heteroatoms. The fraction of sp³-hybridized carbons (Fsp3) is 0.476. The monoisotopic (exact) mass is 379 g/mol. The van der Waals surface area contributed by atoms with Gasteiger partial charge in [-0.25, -0.2) is 0 Å². The second-order valence-corrected chi connectivity index (χ2v) is 7.52. The summed E-state index contributed by atoms with van der Waals surface area (Å²) in [6, 6.07) is 12.3. The molecule has 7 nitrogen and oxygen atoms in total. The minimum absolute atomic E-state index is 0.0634. The summed E-state index contributed by atoms with van der Waals surface area (Å²) >= 11 is 0. The Morgan fingerprint density at radius 2 is 1.93 bits per heavy atom. The van der Waals surface area contributed by atoms with E-state index in [-0.39, 0.29) is 5.91 Å². The average Bonchev–Trinajstić information content (AvgIpc) is 3.29. The summed E-state index contributed by atoms with van der Waals surface area (Å²) in [4.78, 5) is 19.2. The third-order valence-corrected chi connectivity index (χ3v) is 5.79. The number of carbonyl (C=O) groups is 1. The highest BCUT2D eigenvalue weighted by molar-refractivity contribution is 5.91. The van der Waals surface area contributed by atoms with E-state index in [1.165, 1.54) is 11.8 Å². The molecule has 2 fully saturated rings. The van der Waals surface area contributed by atoms with Crippen LogP contribution in [0.15, 0.2) is 41.1 Å². The molecule has 0 atom stereocenters. The second kappa shape index (κ2) is 8.55. The number of amides is 1. The number of aromatic nitrogens is 1. The van der Waals surface area contributed by atoms with Crippen LogP contribution in [0.4, 0.5) is 0 Å². The van der Waals surface area contributed by atoms with Gasteiger partial charge >= 0.3 is 0 Å². The van der Waals surface area contributed by atoms with Gasteiger partial charge in [-0.3, -0.25) is 14.6 Å². The molecule has 0 aliphatic carbocycles. The summed E-state index contributed by atoms with van der Waals surface area (Å²) in [7, 11) is 0. The number of rotatable bonds is 4. The minimum atomic E-state index is -0.0634. The maximum absolute atomic E-state index is 12.4. The van der Waals surface area contributed by atoms with E-state index in [0.717, 1.165) is 64.2 Å². The molecule has 0 spiro atoms. The molecule has 0 radical (unpaired) electrons. The molecule has 0 bridgehead atoms. The highest BCUT2D eigenvalue weighted by Gasteiger charge is 2.30. The molecule has 0 unspecified atom stereocenters. The van der Waals surface area contributed by atoms with Crippen molar-refractivity contribution in [1.82, 2.24) is 19.9 Å². The van der Waals surface area contributed by atoms with Crippen molar-refractivity contribution in [3.63, 3.8) is 0 Å². The molecule has 28 heavy (non-hydrogen) atoms. The van der Waals surface area contributed by atoms with Crippen molar-refractivity contribution in [2.24, 2.45) is 0 Å². The fourth-order valence-electron chi connectivity index (χ4n) is 4.21. The van der Waals surface area contributed by atoms with Crippen LogP contribution in [0.2, 0.25) is 0 Å². The zero-order valence-corrected chi connectivity index (χ0v) is 16.0. The largest absolute Gasteiger partial charge is 0.351 e. The predicted molar refractivity (Wildman–Crippen MR) is 103 cm³/mol. The van der Waals surface area contributed by atoms with Crippen molar-refractivity contribution in [3.05, 3.63) is 53.4 Å². The molecular weight excluding hydrogens is 354 g/mol. The van der Waals surface area contributed by atoms with Crippen LogP contribution < -0.4 is 0 Å². The van der Waals surface area contributed by atoms with Crippen molar-refractivity contribution >= 4 is 5.91 Å². The minimum Gasteiger partial charge on any atom is -0.351 e. The van der Waals surface area contributed by atoms with Crippen LogP contribution in [0.5, 0.6) is 0 Å². The van der Waals surface area contributed by atoms with Gasteiger partial charge in [-0.1, -0.05) is 17.3 Å². The van der Waals surface area contributed by atoms with Gasteiger partial charge in [-0.2, -0.15) is 5.26 Å². The van der Waals surface area contributed by atoms with Crippen LogP contribution in [0, 0.1) is 11.3 Å². The van der Waals surface area contributed by atoms with Gasteiger partial charge in [0.25, 0.3) is 5.91 Å². The summed E-state index contributed by atoms with van der Waals surface area (Å²) < 4.78 is 4.99. The molecule has 1 aromatic carbocycles. The van der Waals surface area contributed by atoms with Crippen molar-refractivity contribution in [2.75, 3.05) is 39.3 Å². The highest BCUT2D eigenvalue weighted by atomic mass is 16.5.